The number of fused-ring (bicyclic) bond motifs is 1. The van der Waals surface area contributed by atoms with E-state index >= 15 is 0 Å². The van der Waals surface area contributed by atoms with Crippen LogP contribution in [0, 0.1) is 11.6 Å². The molecular weight excluding hydrogens is 366 g/mol. The van der Waals surface area contributed by atoms with Crippen LogP contribution in [0.15, 0.2) is 41.4 Å². The first kappa shape index (κ1) is 18.1. The summed E-state index contributed by atoms with van der Waals surface area (Å²) in [6.07, 6.45) is 2.24. The van der Waals surface area contributed by atoms with Gasteiger partial charge < -0.3 is 15.1 Å². The van der Waals surface area contributed by atoms with Crippen LogP contribution in [0.1, 0.15) is 11.5 Å². The van der Waals surface area contributed by atoms with E-state index in [4.69, 9.17) is 0 Å². The van der Waals surface area contributed by atoms with Crippen LogP contribution in [0.2, 0.25) is 0 Å². The Morgan fingerprint density at radius 1 is 1.07 bits per heavy atom. The number of halogens is 2. The molecule has 2 amide bonds. The molecule has 144 valence electrons. The number of nitrogens with one attached hydrogen (secondary N) is 1. The molecule has 1 atom stereocenters. The van der Waals surface area contributed by atoms with Crippen molar-refractivity contribution in [3.63, 3.8) is 0 Å². The highest BCUT2D eigenvalue weighted by molar-refractivity contribution is 6.12. The van der Waals surface area contributed by atoms with Gasteiger partial charge in [0.2, 0.25) is 12.3 Å². The minimum atomic E-state index is -0.644. The molecule has 6 nitrogen and oxygen atoms in total. The zero-order valence-electron chi connectivity index (χ0n) is 14.9. The van der Waals surface area contributed by atoms with E-state index in [2.05, 4.69) is 10.3 Å². The molecule has 2 aromatic carbocycles. The van der Waals surface area contributed by atoms with Gasteiger partial charge in [-0.15, -0.1) is 0 Å². The highest BCUT2D eigenvalue weighted by atomic mass is 19.1. The zero-order valence-corrected chi connectivity index (χ0v) is 14.9. The topological polar surface area (TPSA) is 65.0 Å². The van der Waals surface area contributed by atoms with Crippen molar-refractivity contribution in [2.75, 3.05) is 36.4 Å². The first-order chi connectivity index (χ1) is 13.5. The largest absolute Gasteiger partial charge is 0.366 e. The fourth-order valence-electron chi connectivity index (χ4n) is 3.47. The molecule has 8 heteroatoms. The number of hydrogen-bond acceptors (Lipinski definition) is 4. The number of carbonyl (C=O) groups is 2. The SMILES string of the molecule is O=CN1CCN(c2ccc(N=CC3C(=O)Nc4cc(F)ccc43)cc2F)CC1. The van der Waals surface area contributed by atoms with Gasteiger partial charge in [0.25, 0.3) is 0 Å². The Bertz CT molecular complexity index is 955. The predicted octanol–water partition coefficient (Wildman–Crippen LogP) is 2.68. The van der Waals surface area contributed by atoms with E-state index in [0.717, 1.165) is 6.41 Å². The van der Waals surface area contributed by atoms with Crippen LogP contribution in [0.5, 0.6) is 0 Å². The van der Waals surface area contributed by atoms with E-state index in [0.29, 0.717) is 48.8 Å². The van der Waals surface area contributed by atoms with Gasteiger partial charge in [0.05, 0.1) is 11.4 Å². The average Bonchev–Trinajstić information content (AvgIpc) is 3.00. The van der Waals surface area contributed by atoms with Crippen LogP contribution in [-0.2, 0) is 9.59 Å². The maximum absolute atomic E-state index is 14.6. The first-order valence-corrected chi connectivity index (χ1v) is 8.93. The second-order valence-electron chi connectivity index (χ2n) is 6.74. The third-order valence-electron chi connectivity index (χ3n) is 5.00. The van der Waals surface area contributed by atoms with Crippen LogP contribution in [0.3, 0.4) is 0 Å². The molecule has 0 aromatic heterocycles. The number of anilines is 2. The lowest BCUT2D eigenvalue weighted by molar-refractivity contribution is -0.118. The Kier molecular flexibility index (Phi) is 4.77. The number of amides is 2. The van der Waals surface area contributed by atoms with Gasteiger partial charge in [0.15, 0.2) is 0 Å². The summed E-state index contributed by atoms with van der Waals surface area (Å²) in [6.45, 7) is 2.24. The van der Waals surface area contributed by atoms with Gasteiger partial charge in [-0.3, -0.25) is 14.6 Å². The van der Waals surface area contributed by atoms with E-state index < -0.39 is 17.6 Å². The molecule has 1 fully saturated rings. The third-order valence-corrected chi connectivity index (χ3v) is 5.00. The highest BCUT2D eigenvalue weighted by Crippen LogP contribution is 2.32. The second-order valence-corrected chi connectivity index (χ2v) is 6.74. The molecule has 2 aliphatic rings. The van der Waals surface area contributed by atoms with Crippen molar-refractivity contribution in [2.45, 2.75) is 5.92 Å². The fraction of sp³-hybridized carbons (Fsp3) is 0.250. The number of aliphatic imine (C=N–C) groups is 1. The van der Waals surface area contributed by atoms with Crippen molar-refractivity contribution in [2.24, 2.45) is 4.99 Å². The van der Waals surface area contributed by atoms with E-state index in [1.165, 1.54) is 24.4 Å². The van der Waals surface area contributed by atoms with Crippen LogP contribution >= 0.6 is 0 Å². The van der Waals surface area contributed by atoms with Gasteiger partial charge in [0, 0.05) is 44.1 Å². The smallest absolute Gasteiger partial charge is 0.237 e. The Balaban J connectivity index is 1.50. The quantitative estimate of drug-likeness (QED) is 0.651. The van der Waals surface area contributed by atoms with Gasteiger partial charge in [-0.25, -0.2) is 8.78 Å². The monoisotopic (exact) mass is 384 g/mol. The molecule has 1 saturated heterocycles. The van der Waals surface area contributed by atoms with Crippen molar-refractivity contribution in [3.05, 3.63) is 53.6 Å². The predicted molar refractivity (Wildman–Crippen MR) is 102 cm³/mol. The Morgan fingerprint density at radius 2 is 1.86 bits per heavy atom. The summed E-state index contributed by atoms with van der Waals surface area (Å²) < 4.78 is 27.8. The summed E-state index contributed by atoms with van der Waals surface area (Å²) in [5.41, 5.74) is 1.91. The molecule has 1 N–H and O–H groups in total. The van der Waals surface area contributed by atoms with Crippen molar-refractivity contribution in [1.82, 2.24) is 4.90 Å². The Hall–Kier alpha value is -3.29. The van der Waals surface area contributed by atoms with Crippen LogP contribution in [0.4, 0.5) is 25.8 Å². The number of carbonyl (C=O) groups excluding carboxylic acids is 2. The van der Waals surface area contributed by atoms with Gasteiger partial charge in [-0.05, 0) is 29.8 Å². The summed E-state index contributed by atoms with van der Waals surface area (Å²) in [5.74, 6) is -1.78. The maximum Gasteiger partial charge on any atom is 0.237 e. The lowest BCUT2D eigenvalue weighted by atomic mass is 10.0. The summed E-state index contributed by atoms with van der Waals surface area (Å²) >= 11 is 0. The van der Waals surface area contributed by atoms with Gasteiger partial charge in [-0.1, -0.05) is 6.07 Å². The molecule has 2 aromatic rings. The van der Waals surface area contributed by atoms with E-state index in [9.17, 15) is 18.4 Å². The number of rotatable bonds is 4. The van der Waals surface area contributed by atoms with Crippen molar-refractivity contribution < 1.29 is 18.4 Å². The van der Waals surface area contributed by atoms with Crippen LogP contribution in [0.25, 0.3) is 0 Å². The number of piperazine rings is 1. The normalized spacial score (nSPS) is 19.1. The van der Waals surface area contributed by atoms with E-state index in [-0.39, 0.29) is 5.91 Å². The molecule has 28 heavy (non-hydrogen) atoms. The fourth-order valence-corrected chi connectivity index (χ4v) is 3.47. The summed E-state index contributed by atoms with van der Waals surface area (Å²) in [7, 11) is 0. The molecule has 0 spiro atoms. The first-order valence-electron chi connectivity index (χ1n) is 8.93. The molecule has 4 rings (SSSR count). The summed E-state index contributed by atoms with van der Waals surface area (Å²) in [5, 5.41) is 2.62. The van der Waals surface area contributed by atoms with Crippen molar-refractivity contribution in [3.8, 4) is 0 Å². The van der Waals surface area contributed by atoms with Gasteiger partial charge >= 0.3 is 0 Å². The van der Waals surface area contributed by atoms with Gasteiger partial charge in [0.1, 0.15) is 17.6 Å². The molecule has 2 heterocycles. The molecule has 0 radical (unpaired) electrons. The molecule has 0 saturated carbocycles. The number of nitrogens with zero attached hydrogens (tertiary/aromatic N) is 3. The molecule has 0 bridgehead atoms. The highest BCUT2D eigenvalue weighted by Gasteiger charge is 2.29. The van der Waals surface area contributed by atoms with Crippen LogP contribution < -0.4 is 10.2 Å². The minimum Gasteiger partial charge on any atom is -0.366 e. The molecule has 2 aliphatic heterocycles. The van der Waals surface area contributed by atoms with Crippen molar-refractivity contribution >= 4 is 35.6 Å². The standard InChI is InChI=1S/C20H18F2N4O2/c21-13-1-3-15-16(20(28)24-18(15)9-13)11-23-14-2-4-19(17(22)10-14)26-7-5-25(12-27)6-8-26/h1-4,9-12,16H,5-8H2,(H,24,28). The van der Waals surface area contributed by atoms with Crippen molar-refractivity contribution in [1.29, 1.82) is 0 Å². The summed E-state index contributed by atoms with van der Waals surface area (Å²) in [4.78, 5) is 30.7. The van der Waals surface area contributed by atoms with E-state index in [1.807, 2.05) is 4.90 Å². The lowest BCUT2D eigenvalue weighted by Crippen LogP contribution is -2.46. The molecule has 1 unspecified atom stereocenters. The van der Waals surface area contributed by atoms with E-state index in [1.54, 1.807) is 23.1 Å². The Labute approximate surface area is 160 Å². The second kappa shape index (κ2) is 7.38. The molecular formula is C20H18F2N4O2. The zero-order chi connectivity index (χ0) is 19.7. The average molecular weight is 384 g/mol. The number of hydrogen-bond donors (Lipinski definition) is 1. The van der Waals surface area contributed by atoms with Gasteiger partial charge in [-0.2, -0.15) is 0 Å². The van der Waals surface area contributed by atoms with Crippen LogP contribution in [-0.4, -0.2) is 49.6 Å². The third kappa shape index (κ3) is 3.45. The molecule has 0 aliphatic carbocycles. The lowest BCUT2D eigenvalue weighted by Gasteiger charge is -2.34. The maximum atomic E-state index is 14.6. The Morgan fingerprint density at radius 3 is 2.57 bits per heavy atom. The summed E-state index contributed by atoms with van der Waals surface area (Å²) in [6, 6.07) is 8.74. The minimum absolute atomic E-state index is 0.297. The number of benzene rings is 2.